The van der Waals surface area contributed by atoms with E-state index in [0.29, 0.717) is 23.1 Å². The van der Waals surface area contributed by atoms with Crippen molar-refractivity contribution < 1.29 is 31.4 Å². The van der Waals surface area contributed by atoms with Crippen LogP contribution in [0.3, 0.4) is 0 Å². The topological polar surface area (TPSA) is 82.0 Å². The molecule has 0 amide bonds. The molecule has 0 radical (unpaired) electrons. The lowest BCUT2D eigenvalue weighted by Gasteiger charge is -2.29. The fourth-order valence-corrected chi connectivity index (χ4v) is 3.39. The molecule has 1 aliphatic heterocycles. The maximum absolute atomic E-state index is 14.7. The smallest absolute Gasteiger partial charge is 0.455 e. The van der Waals surface area contributed by atoms with E-state index < -0.39 is 34.9 Å². The minimum absolute atomic E-state index is 0.0933. The van der Waals surface area contributed by atoms with Gasteiger partial charge in [0.25, 0.3) is 0 Å². The quantitative estimate of drug-likeness (QED) is 0.599. The lowest BCUT2D eigenvalue weighted by Crippen LogP contribution is -3.05. The maximum atomic E-state index is 14.7. The molecule has 30 heavy (non-hydrogen) atoms. The van der Waals surface area contributed by atoms with Crippen LogP contribution in [0.2, 0.25) is 0 Å². The summed E-state index contributed by atoms with van der Waals surface area (Å²) in [7, 11) is 0. The zero-order valence-corrected chi connectivity index (χ0v) is 15.1. The van der Waals surface area contributed by atoms with Gasteiger partial charge in [-0.3, -0.25) is 4.68 Å². The monoisotopic (exact) mass is 429 g/mol. The van der Waals surface area contributed by atoms with Crippen molar-refractivity contribution in [1.82, 2.24) is 14.8 Å². The van der Waals surface area contributed by atoms with Gasteiger partial charge in [0.2, 0.25) is 0 Å². The van der Waals surface area contributed by atoms with Crippen molar-refractivity contribution in [2.24, 2.45) is 5.41 Å². The fraction of sp³-hybridized carbons (Fsp3) is 0.389. The molecule has 2 aromatic rings. The molecular weight excluding hydrogens is 416 g/mol. The molecule has 6 nitrogen and oxygen atoms in total. The van der Waals surface area contributed by atoms with Gasteiger partial charge in [-0.05, 0) is 25.0 Å². The number of hydrogen-bond donors (Lipinski definition) is 1. The Labute approximate surface area is 165 Å². The first-order chi connectivity index (χ1) is 14.0. The van der Waals surface area contributed by atoms with Gasteiger partial charge in [-0.1, -0.05) is 0 Å². The van der Waals surface area contributed by atoms with Gasteiger partial charge in [0.1, 0.15) is 18.8 Å². The molecule has 0 bridgehead atoms. The molecule has 1 aliphatic carbocycles. The average molecular weight is 429 g/mol. The molecule has 2 aromatic heterocycles. The molecule has 1 saturated carbocycles. The van der Waals surface area contributed by atoms with E-state index >= 15 is 0 Å². The van der Waals surface area contributed by atoms with E-state index in [2.05, 4.69) is 16.2 Å². The summed E-state index contributed by atoms with van der Waals surface area (Å²) in [6, 6.07) is 3.30. The minimum Gasteiger partial charge on any atom is -0.628 e. The fourth-order valence-electron chi connectivity index (χ4n) is 3.39. The molecule has 158 valence electrons. The number of pyridine rings is 1. The summed E-state index contributed by atoms with van der Waals surface area (Å²) < 4.78 is 79.1. The Hall–Kier alpha value is -2.91. The van der Waals surface area contributed by atoms with Crippen LogP contribution in [0.15, 0.2) is 35.9 Å². The molecular formula is C18H13F6N5O. The first-order valence-corrected chi connectivity index (χ1v) is 8.79. The number of hydroxylamine groups is 2. The largest absolute Gasteiger partial charge is 0.628 e. The minimum atomic E-state index is -5.74. The first kappa shape index (κ1) is 20.4. The number of nitrogens with zero attached hydrogens (tertiary/aromatic N) is 4. The van der Waals surface area contributed by atoms with Crippen molar-refractivity contribution in [3.8, 4) is 6.07 Å². The van der Waals surface area contributed by atoms with E-state index in [9.17, 15) is 36.8 Å². The summed E-state index contributed by atoms with van der Waals surface area (Å²) in [4.78, 5) is 3.88. The highest BCUT2D eigenvalue weighted by molar-refractivity contribution is 5.81. The lowest BCUT2D eigenvalue weighted by atomic mass is 9.94. The second-order valence-electron chi connectivity index (χ2n) is 7.32. The van der Waals surface area contributed by atoms with Crippen molar-refractivity contribution in [2.45, 2.75) is 31.5 Å². The van der Waals surface area contributed by atoms with E-state index in [-0.39, 0.29) is 28.8 Å². The van der Waals surface area contributed by atoms with Gasteiger partial charge in [0.05, 0.1) is 29.4 Å². The number of aromatic nitrogens is 3. The molecule has 3 heterocycles. The Kier molecular flexibility index (Phi) is 4.44. The van der Waals surface area contributed by atoms with Crippen molar-refractivity contribution in [1.29, 1.82) is 5.26 Å². The Morgan fingerprint density at radius 3 is 2.50 bits per heavy atom. The van der Waals surface area contributed by atoms with Gasteiger partial charge in [-0.25, -0.2) is 9.37 Å². The highest BCUT2D eigenvalue weighted by Gasteiger charge is 2.58. The summed E-state index contributed by atoms with van der Waals surface area (Å²) in [5.41, 5.74) is -0.947. The summed E-state index contributed by atoms with van der Waals surface area (Å²) in [6.45, 7) is -1.88. The van der Waals surface area contributed by atoms with E-state index in [0.717, 1.165) is 18.5 Å². The van der Waals surface area contributed by atoms with Crippen LogP contribution in [0, 0.1) is 22.0 Å². The van der Waals surface area contributed by atoms with Gasteiger partial charge in [0, 0.05) is 11.0 Å². The summed E-state index contributed by atoms with van der Waals surface area (Å²) in [5, 5.41) is 24.8. The van der Waals surface area contributed by atoms with Crippen LogP contribution < -0.4 is 5.06 Å². The van der Waals surface area contributed by atoms with Crippen LogP contribution in [0.5, 0.6) is 0 Å². The van der Waals surface area contributed by atoms with Crippen LogP contribution in [0.4, 0.5) is 26.3 Å². The van der Waals surface area contributed by atoms with E-state index in [4.69, 9.17) is 0 Å². The van der Waals surface area contributed by atoms with Gasteiger partial charge in [-0.2, -0.15) is 32.3 Å². The molecule has 12 heteroatoms. The second-order valence-corrected chi connectivity index (χ2v) is 7.32. The number of fused-ring (bicyclic) bond motifs is 1. The molecule has 2 aliphatic rings. The molecule has 0 aromatic carbocycles. The molecule has 1 unspecified atom stereocenters. The van der Waals surface area contributed by atoms with Gasteiger partial charge >= 0.3 is 12.1 Å². The maximum Gasteiger partial charge on any atom is 0.455 e. The lowest BCUT2D eigenvalue weighted by molar-refractivity contribution is -0.764. The average Bonchev–Trinajstić information content (AvgIpc) is 3.37. The van der Waals surface area contributed by atoms with Crippen molar-refractivity contribution in [3.63, 3.8) is 0 Å². The highest BCUT2D eigenvalue weighted by Crippen LogP contribution is 2.51. The predicted molar refractivity (Wildman–Crippen MR) is 91.1 cm³/mol. The number of rotatable bonds is 4. The zero-order chi connectivity index (χ0) is 21.9. The number of halogens is 6. The van der Waals surface area contributed by atoms with Crippen LogP contribution in [0.25, 0.3) is 16.6 Å². The van der Waals surface area contributed by atoms with Crippen molar-refractivity contribution in [2.75, 3.05) is 6.54 Å². The van der Waals surface area contributed by atoms with Gasteiger partial charge in [0.15, 0.2) is 11.5 Å². The third-order valence-corrected chi connectivity index (χ3v) is 5.30. The third kappa shape index (κ3) is 3.23. The number of hydrogen-bond acceptors (Lipinski definition) is 4. The SMILES string of the molecule is N#CC1(C2=CC(F)=C(c3cc4cnn(CC(F)(F)C(F)(F)F)c4cn3)[NH+]([O-])C2)CC1. The van der Waals surface area contributed by atoms with Crippen LogP contribution >= 0.6 is 0 Å². The number of nitrogens with one attached hydrogen (secondary N) is 1. The van der Waals surface area contributed by atoms with E-state index in [1.807, 2.05) is 0 Å². The molecule has 4 rings (SSSR count). The molecule has 1 fully saturated rings. The number of quaternary nitrogens is 1. The molecule has 1 atom stereocenters. The van der Waals surface area contributed by atoms with Gasteiger partial charge in [-0.15, -0.1) is 0 Å². The normalized spacial score (nSPS) is 21.5. The van der Waals surface area contributed by atoms with E-state index in [1.165, 1.54) is 6.07 Å². The predicted octanol–water partition coefficient (Wildman–Crippen LogP) is 2.89. The van der Waals surface area contributed by atoms with Crippen LogP contribution in [-0.2, 0) is 6.54 Å². The third-order valence-electron chi connectivity index (χ3n) is 5.30. The Morgan fingerprint density at radius 2 is 1.93 bits per heavy atom. The summed E-state index contributed by atoms with van der Waals surface area (Å²) >= 11 is 0. The van der Waals surface area contributed by atoms with Crippen molar-refractivity contribution in [3.05, 3.63) is 46.8 Å². The standard InChI is InChI=1S/C18H13F6N5O/c19-12-4-11(16(8-25)1-2-16)7-29(30)15(12)13-3-10-5-27-28(14(10)6-26-13)9-17(20,21)18(22,23)24/h3-6,29H,1-2,7,9H2. The molecule has 0 saturated heterocycles. The molecule has 0 spiro atoms. The number of alkyl halides is 5. The second kappa shape index (κ2) is 6.55. The Balaban J connectivity index is 1.68. The van der Waals surface area contributed by atoms with Crippen molar-refractivity contribution >= 4 is 16.6 Å². The Bertz CT molecular complexity index is 1120. The summed E-state index contributed by atoms with van der Waals surface area (Å²) in [6.07, 6.45) is -1.49. The Morgan fingerprint density at radius 1 is 1.23 bits per heavy atom. The summed E-state index contributed by atoms with van der Waals surface area (Å²) in [5.74, 6) is -5.87. The zero-order valence-electron chi connectivity index (χ0n) is 15.1. The highest BCUT2D eigenvalue weighted by atomic mass is 19.4. The van der Waals surface area contributed by atoms with Crippen LogP contribution in [0.1, 0.15) is 18.5 Å². The first-order valence-electron chi connectivity index (χ1n) is 8.79. The molecule has 1 N–H and O–H groups in total. The number of nitriles is 1. The van der Waals surface area contributed by atoms with Gasteiger partial charge < -0.3 is 10.3 Å². The van der Waals surface area contributed by atoms with E-state index in [1.54, 1.807) is 0 Å². The number of allylic oxidation sites excluding steroid dienone is 2. The van der Waals surface area contributed by atoms with Crippen LogP contribution in [-0.4, -0.2) is 33.4 Å².